The second kappa shape index (κ2) is 16.1. The summed E-state index contributed by atoms with van der Waals surface area (Å²) in [6.45, 7) is -0.0260. The fourth-order valence-corrected chi connectivity index (χ4v) is 5.27. The number of rotatable bonds is 12. The SMILES string of the molecule is COC(=O)c1cccc(NC(=O)NCC(=O)N(CCC2CCCCC2)c2ccccc2OCC(=O)N(C)c2ccccc2)c1. The molecule has 44 heavy (non-hydrogen) atoms. The molecule has 3 aromatic rings. The van der Waals surface area contributed by atoms with Crippen molar-refractivity contribution in [1.82, 2.24) is 5.32 Å². The van der Waals surface area contributed by atoms with Crippen LogP contribution >= 0.6 is 0 Å². The highest BCUT2D eigenvalue weighted by Crippen LogP contribution is 2.31. The van der Waals surface area contributed by atoms with Crippen molar-refractivity contribution in [3.8, 4) is 5.75 Å². The molecule has 3 aromatic carbocycles. The van der Waals surface area contributed by atoms with Crippen molar-refractivity contribution in [2.75, 3.05) is 49.0 Å². The van der Waals surface area contributed by atoms with Crippen LogP contribution in [0.5, 0.6) is 5.75 Å². The van der Waals surface area contributed by atoms with Crippen molar-refractivity contribution >= 4 is 40.9 Å². The first-order valence-electron chi connectivity index (χ1n) is 14.9. The molecule has 0 spiro atoms. The van der Waals surface area contributed by atoms with Crippen LogP contribution < -0.4 is 25.2 Å². The number of amides is 4. The largest absolute Gasteiger partial charge is 0.482 e. The van der Waals surface area contributed by atoms with E-state index < -0.39 is 12.0 Å². The van der Waals surface area contributed by atoms with Gasteiger partial charge in [0.15, 0.2) is 6.61 Å². The molecule has 10 heteroatoms. The molecule has 2 N–H and O–H groups in total. The van der Waals surface area contributed by atoms with Crippen LogP contribution in [-0.2, 0) is 14.3 Å². The van der Waals surface area contributed by atoms with Gasteiger partial charge >= 0.3 is 12.0 Å². The molecule has 0 radical (unpaired) electrons. The van der Waals surface area contributed by atoms with Crippen LogP contribution in [0.1, 0.15) is 48.9 Å². The van der Waals surface area contributed by atoms with Crippen molar-refractivity contribution in [1.29, 1.82) is 0 Å². The van der Waals surface area contributed by atoms with E-state index in [4.69, 9.17) is 9.47 Å². The summed E-state index contributed by atoms with van der Waals surface area (Å²) in [7, 11) is 2.97. The van der Waals surface area contributed by atoms with Gasteiger partial charge in [-0.1, -0.05) is 68.5 Å². The zero-order valence-electron chi connectivity index (χ0n) is 25.3. The number of carbonyl (C=O) groups excluding carboxylic acids is 4. The maximum absolute atomic E-state index is 13.6. The number of urea groups is 1. The number of carbonyl (C=O) groups is 4. The maximum atomic E-state index is 13.6. The molecular formula is C34H40N4O6. The second-order valence-corrected chi connectivity index (χ2v) is 10.8. The number of esters is 1. The van der Waals surface area contributed by atoms with Crippen LogP contribution in [0.2, 0.25) is 0 Å². The Balaban J connectivity index is 1.44. The summed E-state index contributed by atoms with van der Waals surface area (Å²) in [6, 6.07) is 22.2. The summed E-state index contributed by atoms with van der Waals surface area (Å²) >= 11 is 0. The van der Waals surface area contributed by atoms with Gasteiger partial charge in [0.2, 0.25) is 5.91 Å². The average Bonchev–Trinajstić information content (AvgIpc) is 3.07. The Kier molecular flexibility index (Phi) is 11.7. The predicted molar refractivity (Wildman–Crippen MR) is 170 cm³/mol. The molecule has 1 saturated carbocycles. The molecule has 0 aromatic heterocycles. The Labute approximate surface area is 258 Å². The maximum Gasteiger partial charge on any atom is 0.337 e. The highest BCUT2D eigenvalue weighted by molar-refractivity contribution is 6.00. The van der Waals surface area contributed by atoms with Crippen molar-refractivity contribution in [2.45, 2.75) is 38.5 Å². The summed E-state index contributed by atoms with van der Waals surface area (Å²) in [5.41, 5.74) is 1.97. The van der Waals surface area contributed by atoms with E-state index in [1.165, 1.54) is 37.3 Å². The van der Waals surface area contributed by atoms with E-state index in [9.17, 15) is 19.2 Å². The van der Waals surface area contributed by atoms with E-state index in [0.29, 0.717) is 35.2 Å². The summed E-state index contributed by atoms with van der Waals surface area (Å²) in [4.78, 5) is 54.2. The van der Waals surface area contributed by atoms with Crippen molar-refractivity contribution < 1.29 is 28.7 Å². The number of para-hydroxylation sites is 3. The van der Waals surface area contributed by atoms with E-state index in [0.717, 1.165) is 24.9 Å². The molecule has 4 amide bonds. The van der Waals surface area contributed by atoms with E-state index in [1.54, 1.807) is 48.3 Å². The normalized spacial score (nSPS) is 13.0. The second-order valence-electron chi connectivity index (χ2n) is 10.8. The molecule has 1 aliphatic carbocycles. The zero-order valence-corrected chi connectivity index (χ0v) is 25.3. The molecule has 1 fully saturated rings. The Morgan fingerprint density at radius 3 is 2.34 bits per heavy atom. The third-order valence-electron chi connectivity index (χ3n) is 7.75. The van der Waals surface area contributed by atoms with E-state index >= 15 is 0 Å². The fourth-order valence-electron chi connectivity index (χ4n) is 5.27. The first-order chi connectivity index (χ1) is 21.4. The molecule has 0 unspecified atom stereocenters. The molecule has 0 bridgehead atoms. The van der Waals surface area contributed by atoms with Gasteiger partial charge in [-0.2, -0.15) is 0 Å². The minimum atomic E-state index is -0.591. The smallest absolute Gasteiger partial charge is 0.337 e. The third kappa shape index (κ3) is 9.07. The van der Waals surface area contributed by atoms with Crippen molar-refractivity contribution in [3.63, 3.8) is 0 Å². The van der Waals surface area contributed by atoms with Crippen LogP contribution in [0.25, 0.3) is 0 Å². The molecule has 0 saturated heterocycles. The molecule has 4 rings (SSSR count). The van der Waals surface area contributed by atoms with Gasteiger partial charge in [-0.05, 0) is 54.8 Å². The topological polar surface area (TPSA) is 117 Å². The lowest BCUT2D eigenvalue weighted by Gasteiger charge is -2.29. The predicted octanol–water partition coefficient (Wildman–Crippen LogP) is 5.64. The Morgan fingerprint density at radius 2 is 1.59 bits per heavy atom. The summed E-state index contributed by atoms with van der Waals surface area (Å²) < 4.78 is 10.7. The summed E-state index contributed by atoms with van der Waals surface area (Å²) in [6.07, 6.45) is 6.70. The lowest BCUT2D eigenvalue weighted by atomic mass is 9.87. The molecule has 0 aliphatic heterocycles. The fraction of sp³-hybridized carbons (Fsp3) is 0.353. The standard InChI is InChI=1S/C34H40N4O6/c1-37(28-16-7-4-8-17-28)32(40)24-44-30-19-10-9-18-29(30)38(21-20-25-12-5-3-6-13-25)31(39)23-35-34(42)36-27-15-11-14-26(22-27)33(41)43-2/h4,7-11,14-19,22,25H,3,5-6,12-13,20-21,23-24H2,1-2H3,(H2,35,36,42). The Morgan fingerprint density at radius 1 is 0.864 bits per heavy atom. The average molecular weight is 601 g/mol. The van der Waals surface area contributed by atoms with Crippen LogP contribution in [0.15, 0.2) is 78.9 Å². The number of likely N-dealkylation sites (N-methyl/N-ethyl adjacent to an activating group) is 1. The monoisotopic (exact) mass is 600 g/mol. The molecule has 10 nitrogen and oxygen atoms in total. The van der Waals surface area contributed by atoms with Crippen LogP contribution in [0, 0.1) is 5.92 Å². The lowest BCUT2D eigenvalue weighted by Crippen LogP contribution is -2.42. The first-order valence-corrected chi connectivity index (χ1v) is 14.9. The molecule has 0 heterocycles. The number of nitrogens with one attached hydrogen (secondary N) is 2. The summed E-state index contributed by atoms with van der Waals surface area (Å²) in [5.74, 6) is -0.147. The molecule has 1 aliphatic rings. The highest BCUT2D eigenvalue weighted by atomic mass is 16.5. The zero-order chi connectivity index (χ0) is 31.3. The minimum Gasteiger partial charge on any atom is -0.482 e. The van der Waals surface area contributed by atoms with Gasteiger partial charge in [0, 0.05) is 25.0 Å². The van der Waals surface area contributed by atoms with Crippen LogP contribution in [0.3, 0.4) is 0 Å². The Hall–Kier alpha value is -4.86. The number of nitrogens with zero attached hydrogens (tertiary/aromatic N) is 2. The van der Waals surface area contributed by atoms with Crippen LogP contribution in [0.4, 0.5) is 21.9 Å². The number of methoxy groups -OCH3 is 1. The van der Waals surface area contributed by atoms with Gasteiger partial charge in [0.05, 0.1) is 24.9 Å². The van der Waals surface area contributed by atoms with Gasteiger partial charge in [-0.15, -0.1) is 0 Å². The van der Waals surface area contributed by atoms with Gasteiger partial charge in [-0.25, -0.2) is 9.59 Å². The number of hydrogen-bond acceptors (Lipinski definition) is 6. The quantitative estimate of drug-likeness (QED) is 0.260. The highest BCUT2D eigenvalue weighted by Gasteiger charge is 2.23. The van der Waals surface area contributed by atoms with Crippen LogP contribution in [-0.4, -0.2) is 57.7 Å². The van der Waals surface area contributed by atoms with Gasteiger partial charge in [0.1, 0.15) is 5.75 Å². The number of anilines is 3. The molecule has 0 atom stereocenters. The van der Waals surface area contributed by atoms with Crippen molar-refractivity contribution in [2.24, 2.45) is 5.92 Å². The third-order valence-corrected chi connectivity index (χ3v) is 7.75. The van der Waals surface area contributed by atoms with Crippen molar-refractivity contribution in [3.05, 3.63) is 84.4 Å². The summed E-state index contributed by atoms with van der Waals surface area (Å²) in [5, 5.41) is 5.28. The van der Waals surface area contributed by atoms with Gasteiger partial charge in [-0.3, -0.25) is 9.59 Å². The Bertz CT molecular complexity index is 1420. The number of ether oxygens (including phenoxy) is 2. The molecule has 232 valence electrons. The van der Waals surface area contributed by atoms with E-state index in [1.807, 2.05) is 36.4 Å². The first kappa shape index (κ1) is 32.1. The number of benzene rings is 3. The minimum absolute atomic E-state index is 0.210. The lowest BCUT2D eigenvalue weighted by molar-refractivity contribution is -0.120. The number of hydrogen-bond donors (Lipinski definition) is 2. The van der Waals surface area contributed by atoms with Gasteiger partial charge < -0.3 is 29.9 Å². The van der Waals surface area contributed by atoms with Gasteiger partial charge in [0.25, 0.3) is 5.91 Å². The molecular weight excluding hydrogens is 560 g/mol. The van der Waals surface area contributed by atoms with E-state index in [-0.39, 0.29) is 25.0 Å². The van der Waals surface area contributed by atoms with E-state index in [2.05, 4.69) is 10.6 Å².